The Morgan fingerprint density at radius 3 is 2.46 bits per heavy atom. The Labute approximate surface area is 162 Å². The van der Waals surface area contributed by atoms with Crippen molar-refractivity contribution in [2.45, 2.75) is 13.1 Å². The number of aromatic nitrogens is 1. The maximum absolute atomic E-state index is 13.0. The molecule has 8 nitrogen and oxygen atoms in total. The van der Waals surface area contributed by atoms with Gasteiger partial charge in [-0.25, -0.2) is 0 Å². The second-order valence-corrected chi connectivity index (χ2v) is 7.07. The Morgan fingerprint density at radius 1 is 1.14 bits per heavy atom. The first-order chi connectivity index (χ1) is 13.5. The van der Waals surface area contributed by atoms with Gasteiger partial charge < -0.3 is 14.5 Å². The minimum Gasteiger partial charge on any atom is -0.383 e. The Balaban J connectivity index is 1.63. The zero-order valence-electron chi connectivity index (χ0n) is 15.9. The molecule has 2 aliphatic rings. The van der Waals surface area contributed by atoms with Gasteiger partial charge in [0.05, 0.1) is 6.61 Å². The zero-order chi connectivity index (χ0) is 19.8. The summed E-state index contributed by atoms with van der Waals surface area (Å²) >= 11 is 0. The molecule has 0 N–H and O–H groups in total. The summed E-state index contributed by atoms with van der Waals surface area (Å²) in [6.45, 7) is 2.16. The predicted molar refractivity (Wildman–Crippen MR) is 103 cm³/mol. The number of rotatable bonds is 4. The van der Waals surface area contributed by atoms with Gasteiger partial charge in [0.1, 0.15) is 17.9 Å². The second-order valence-electron chi connectivity index (χ2n) is 7.07. The van der Waals surface area contributed by atoms with Gasteiger partial charge in [0.2, 0.25) is 0 Å². The van der Waals surface area contributed by atoms with E-state index in [-0.39, 0.29) is 23.1 Å². The second kappa shape index (κ2) is 7.12. The quantitative estimate of drug-likeness (QED) is 0.776. The van der Waals surface area contributed by atoms with Crippen molar-refractivity contribution in [2.75, 3.05) is 39.0 Å². The van der Waals surface area contributed by atoms with Gasteiger partial charge >= 0.3 is 0 Å². The Hall–Kier alpha value is -3.13. The van der Waals surface area contributed by atoms with E-state index in [0.717, 1.165) is 11.1 Å². The lowest BCUT2D eigenvalue weighted by molar-refractivity contribution is 0.0632. The van der Waals surface area contributed by atoms with E-state index in [2.05, 4.69) is 0 Å². The van der Waals surface area contributed by atoms with Gasteiger partial charge in [-0.2, -0.15) is 0 Å². The van der Waals surface area contributed by atoms with Crippen molar-refractivity contribution < 1.29 is 14.3 Å². The molecule has 4 rings (SSSR count). The molecular formula is C20H22N4O4. The Kier molecular flexibility index (Phi) is 4.64. The van der Waals surface area contributed by atoms with Crippen LogP contribution in [0.3, 0.4) is 0 Å². The Bertz CT molecular complexity index is 975. The van der Waals surface area contributed by atoms with Crippen molar-refractivity contribution in [3.05, 3.63) is 69.1 Å². The monoisotopic (exact) mass is 382 g/mol. The number of benzene rings is 1. The molecule has 3 heterocycles. The van der Waals surface area contributed by atoms with E-state index < -0.39 is 5.43 Å². The molecule has 2 amide bonds. The molecule has 1 aromatic heterocycles. The van der Waals surface area contributed by atoms with Crippen LogP contribution < -0.4 is 10.4 Å². The van der Waals surface area contributed by atoms with Crippen molar-refractivity contribution in [1.29, 1.82) is 0 Å². The number of fused-ring (bicyclic) bond motifs is 2. The van der Waals surface area contributed by atoms with E-state index in [1.165, 1.54) is 12.3 Å². The average Bonchev–Trinajstić information content (AvgIpc) is 3.13. The lowest BCUT2D eigenvalue weighted by Crippen LogP contribution is -2.53. The van der Waals surface area contributed by atoms with Crippen LogP contribution in [0.5, 0.6) is 0 Å². The molecule has 0 atom stereocenters. The van der Waals surface area contributed by atoms with E-state index in [0.29, 0.717) is 32.9 Å². The van der Waals surface area contributed by atoms with Crippen molar-refractivity contribution >= 4 is 11.8 Å². The highest BCUT2D eigenvalue weighted by atomic mass is 16.5. The highest BCUT2D eigenvalue weighted by Crippen LogP contribution is 2.23. The molecule has 0 aliphatic carbocycles. The molecule has 2 aromatic rings. The summed E-state index contributed by atoms with van der Waals surface area (Å²) in [6.07, 6.45) is 1.48. The highest BCUT2D eigenvalue weighted by Gasteiger charge is 2.31. The third-order valence-corrected chi connectivity index (χ3v) is 5.20. The molecule has 0 fully saturated rings. The SMILES string of the molecule is COCCN1CN(C)n2cc(C(=O)N3Cc4ccccc4C3)c(=O)cc2C1=O. The molecule has 0 spiro atoms. The van der Waals surface area contributed by atoms with Crippen LogP contribution in [-0.4, -0.2) is 60.3 Å². The molecule has 0 saturated carbocycles. The molecule has 1 aromatic carbocycles. The van der Waals surface area contributed by atoms with E-state index in [4.69, 9.17) is 4.74 Å². The number of nitrogens with zero attached hydrogens (tertiary/aromatic N) is 4. The number of pyridine rings is 1. The van der Waals surface area contributed by atoms with E-state index >= 15 is 0 Å². The van der Waals surface area contributed by atoms with E-state index in [9.17, 15) is 14.4 Å². The third kappa shape index (κ3) is 3.05. The first-order valence-corrected chi connectivity index (χ1v) is 9.12. The first-order valence-electron chi connectivity index (χ1n) is 9.12. The Morgan fingerprint density at radius 2 is 1.82 bits per heavy atom. The van der Waals surface area contributed by atoms with Crippen molar-refractivity contribution in [3.8, 4) is 0 Å². The summed E-state index contributed by atoms with van der Waals surface area (Å²) in [5.41, 5.74) is 2.06. The maximum Gasteiger partial charge on any atom is 0.274 e. The highest BCUT2D eigenvalue weighted by molar-refractivity contribution is 5.97. The molecule has 0 unspecified atom stereocenters. The van der Waals surface area contributed by atoms with Gasteiger partial charge in [-0.05, 0) is 11.1 Å². The van der Waals surface area contributed by atoms with Gasteiger partial charge in [0, 0.05) is 46.1 Å². The smallest absolute Gasteiger partial charge is 0.274 e. The fraction of sp³-hybridized carbons (Fsp3) is 0.350. The van der Waals surface area contributed by atoms with Crippen LogP contribution in [-0.2, 0) is 17.8 Å². The lowest BCUT2D eigenvalue weighted by Gasteiger charge is -2.37. The van der Waals surface area contributed by atoms with Crippen molar-refractivity contribution in [3.63, 3.8) is 0 Å². The standard InChI is InChI=1S/C20H22N4O4/c1-21-13-22(7-8-28-2)20(27)17-9-18(25)16(12-24(17)21)19(26)23-10-14-5-3-4-6-15(14)11-23/h3-6,9,12H,7-8,10-11,13H2,1-2H3. The summed E-state index contributed by atoms with van der Waals surface area (Å²) in [5, 5.41) is 1.79. The number of amides is 2. The fourth-order valence-electron chi connectivity index (χ4n) is 3.69. The molecule has 2 aliphatic heterocycles. The predicted octanol–water partition coefficient (Wildman–Crippen LogP) is 0.632. The van der Waals surface area contributed by atoms with Crippen LogP contribution in [0.25, 0.3) is 0 Å². The topological polar surface area (TPSA) is 75.1 Å². The molecule has 0 bridgehead atoms. The largest absolute Gasteiger partial charge is 0.383 e. The molecule has 8 heteroatoms. The van der Waals surface area contributed by atoms with Crippen LogP contribution in [0.15, 0.2) is 41.3 Å². The fourth-order valence-corrected chi connectivity index (χ4v) is 3.69. The van der Waals surface area contributed by atoms with E-state index in [1.54, 1.807) is 33.6 Å². The van der Waals surface area contributed by atoms with Crippen molar-refractivity contribution in [2.24, 2.45) is 0 Å². The van der Waals surface area contributed by atoms with Gasteiger partial charge in [0.15, 0.2) is 5.43 Å². The number of ether oxygens (including phenoxy) is 1. The summed E-state index contributed by atoms with van der Waals surface area (Å²) in [7, 11) is 3.38. The van der Waals surface area contributed by atoms with Crippen LogP contribution in [0, 0.1) is 0 Å². The number of carbonyl (C=O) groups is 2. The molecule has 0 saturated heterocycles. The zero-order valence-corrected chi connectivity index (χ0v) is 15.9. The number of hydrogen-bond donors (Lipinski definition) is 0. The molecule has 28 heavy (non-hydrogen) atoms. The minimum atomic E-state index is -0.442. The summed E-state index contributed by atoms with van der Waals surface area (Å²) in [4.78, 5) is 41.6. The number of carbonyl (C=O) groups excluding carboxylic acids is 2. The maximum atomic E-state index is 13.0. The summed E-state index contributed by atoms with van der Waals surface area (Å²) in [6, 6.07) is 9.12. The van der Waals surface area contributed by atoms with Crippen LogP contribution in [0.2, 0.25) is 0 Å². The van der Waals surface area contributed by atoms with Crippen molar-refractivity contribution in [1.82, 2.24) is 14.5 Å². The summed E-state index contributed by atoms with van der Waals surface area (Å²) < 4.78 is 6.63. The molecule has 0 radical (unpaired) electrons. The number of hydrogen-bond acceptors (Lipinski definition) is 5. The minimum absolute atomic E-state index is 0.0709. The molecular weight excluding hydrogens is 360 g/mol. The van der Waals surface area contributed by atoms with E-state index in [1.807, 2.05) is 24.3 Å². The van der Waals surface area contributed by atoms with Gasteiger partial charge in [-0.15, -0.1) is 0 Å². The normalized spacial score (nSPS) is 15.6. The average molecular weight is 382 g/mol. The number of methoxy groups -OCH3 is 1. The van der Waals surface area contributed by atoms with Gasteiger partial charge in [0.25, 0.3) is 11.8 Å². The summed E-state index contributed by atoms with van der Waals surface area (Å²) in [5.74, 6) is -0.570. The third-order valence-electron chi connectivity index (χ3n) is 5.20. The van der Waals surface area contributed by atoms with Crippen LogP contribution >= 0.6 is 0 Å². The lowest BCUT2D eigenvalue weighted by atomic mass is 10.1. The van der Waals surface area contributed by atoms with Crippen LogP contribution in [0.1, 0.15) is 32.0 Å². The molecule has 146 valence electrons. The first kappa shape index (κ1) is 18.2. The van der Waals surface area contributed by atoms with Crippen LogP contribution in [0.4, 0.5) is 0 Å². The van der Waals surface area contributed by atoms with Gasteiger partial charge in [-0.3, -0.25) is 24.1 Å². The van der Waals surface area contributed by atoms with Gasteiger partial charge in [-0.1, -0.05) is 24.3 Å².